The quantitative estimate of drug-likeness (QED) is 0.385. The molecule has 0 radical (unpaired) electrons. The number of carbonyl (C=O) groups excluding carboxylic acids is 3. The minimum Gasteiger partial charge on any atom is -0.343 e. The van der Waals surface area contributed by atoms with Crippen molar-refractivity contribution in [3.63, 3.8) is 0 Å². The molecule has 0 aliphatic carbocycles. The Kier molecular flexibility index (Phi) is 9.53. The Morgan fingerprint density at radius 1 is 0.974 bits per heavy atom. The van der Waals surface area contributed by atoms with E-state index >= 15 is 0 Å². The molecule has 204 valence electrons. The molecule has 0 saturated carbocycles. The lowest BCUT2D eigenvalue weighted by Gasteiger charge is -2.33. The molecule has 2 saturated heterocycles. The van der Waals surface area contributed by atoms with Crippen LogP contribution < -0.4 is 21.7 Å². The van der Waals surface area contributed by atoms with E-state index in [-0.39, 0.29) is 41.8 Å². The van der Waals surface area contributed by atoms with E-state index in [0.717, 1.165) is 30.4 Å². The van der Waals surface area contributed by atoms with E-state index in [1.807, 2.05) is 67.6 Å². The second-order valence-corrected chi connectivity index (χ2v) is 10.4. The molecule has 38 heavy (non-hydrogen) atoms. The van der Waals surface area contributed by atoms with E-state index in [4.69, 9.17) is 5.73 Å². The zero-order chi connectivity index (χ0) is 27.1. The molecular formula is C30H41N5O3. The molecule has 5 N–H and O–H groups in total. The van der Waals surface area contributed by atoms with Crippen molar-refractivity contribution in [2.75, 3.05) is 13.6 Å². The minimum atomic E-state index is -0.689. The maximum Gasteiger partial charge on any atom is 0.246 e. The van der Waals surface area contributed by atoms with Crippen molar-refractivity contribution >= 4 is 17.7 Å². The van der Waals surface area contributed by atoms with Crippen LogP contribution in [0.4, 0.5) is 0 Å². The fourth-order valence-corrected chi connectivity index (χ4v) is 6.06. The zero-order valence-electron chi connectivity index (χ0n) is 22.4. The molecule has 2 aliphatic heterocycles. The van der Waals surface area contributed by atoms with Crippen molar-refractivity contribution < 1.29 is 14.4 Å². The predicted octanol–water partition coefficient (Wildman–Crippen LogP) is 2.49. The number of rotatable bonds is 10. The summed E-state index contributed by atoms with van der Waals surface area (Å²) in [4.78, 5) is 42.6. The van der Waals surface area contributed by atoms with Crippen LogP contribution in [0.2, 0.25) is 0 Å². The zero-order valence-corrected chi connectivity index (χ0v) is 22.4. The van der Waals surface area contributed by atoms with E-state index < -0.39 is 12.1 Å². The van der Waals surface area contributed by atoms with Gasteiger partial charge in [0.15, 0.2) is 0 Å². The molecule has 2 aliphatic rings. The number of nitrogens with zero attached hydrogens (tertiary/aromatic N) is 1. The number of nitrogens with one attached hydrogen (secondary N) is 3. The molecule has 2 aromatic rings. The molecule has 0 aromatic heterocycles. The first-order valence-corrected chi connectivity index (χ1v) is 13.9. The van der Waals surface area contributed by atoms with Crippen LogP contribution in [0.25, 0.3) is 0 Å². The van der Waals surface area contributed by atoms with Crippen molar-refractivity contribution in [3.05, 3.63) is 71.8 Å². The molecule has 2 aromatic carbocycles. The van der Waals surface area contributed by atoms with E-state index in [1.165, 1.54) is 0 Å². The lowest BCUT2D eigenvalue weighted by atomic mass is 9.90. The first-order chi connectivity index (χ1) is 18.5. The molecule has 3 amide bonds. The Bertz CT molecular complexity index is 1040. The van der Waals surface area contributed by atoms with Gasteiger partial charge in [0.2, 0.25) is 17.7 Å². The van der Waals surface area contributed by atoms with Gasteiger partial charge >= 0.3 is 0 Å². The van der Waals surface area contributed by atoms with Crippen molar-refractivity contribution in [2.45, 2.75) is 75.7 Å². The first kappa shape index (κ1) is 27.8. The van der Waals surface area contributed by atoms with Gasteiger partial charge in [0.25, 0.3) is 0 Å². The molecule has 8 nitrogen and oxygen atoms in total. The summed E-state index contributed by atoms with van der Waals surface area (Å²) in [5.41, 5.74) is 7.87. The Labute approximate surface area is 225 Å². The molecule has 2 heterocycles. The van der Waals surface area contributed by atoms with Gasteiger partial charge in [-0.25, -0.2) is 0 Å². The van der Waals surface area contributed by atoms with Gasteiger partial charge in [-0.1, -0.05) is 67.6 Å². The lowest BCUT2D eigenvalue weighted by Crippen LogP contribution is -2.58. The number of fused-ring (bicyclic) bond motifs is 1. The van der Waals surface area contributed by atoms with Gasteiger partial charge in [-0.05, 0) is 69.2 Å². The van der Waals surface area contributed by atoms with Crippen molar-refractivity contribution in [1.82, 2.24) is 20.9 Å². The van der Waals surface area contributed by atoms with Crippen LogP contribution in [0.1, 0.15) is 62.6 Å². The number of amides is 3. The van der Waals surface area contributed by atoms with E-state index in [2.05, 4.69) is 16.0 Å². The van der Waals surface area contributed by atoms with Crippen molar-refractivity contribution in [3.8, 4) is 0 Å². The highest BCUT2D eigenvalue weighted by Crippen LogP contribution is 2.35. The van der Waals surface area contributed by atoms with Crippen LogP contribution in [-0.2, 0) is 14.4 Å². The molecule has 0 bridgehead atoms. The maximum atomic E-state index is 14.1. The third-order valence-corrected chi connectivity index (χ3v) is 8.13. The topological polar surface area (TPSA) is 117 Å². The van der Waals surface area contributed by atoms with E-state index in [1.54, 1.807) is 11.9 Å². The molecular weight excluding hydrogens is 478 g/mol. The summed E-state index contributed by atoms with van der Waals surface area (Å²) >= 11 is 0. The molecule has 2 fully saturated rings. The number of nitrogens with two attached hydrogens (primary N) is 1. The third-order valence-electron chi connectivity index (χ3n) is 8.13. The first-order valence-electron chi connectivity index (χ1n) is 13.9. The number of carbonyl (C=O) groups is 3. The van der Waals surface area contributed by atoms with Gasteiger partial charge in [-0.3, -0.25) is 14.4 Å². The Balaban J connectivity index is 1.58. The SMILES string of the molecule is CC[C@H](NC)C(=O)N[C@@H]1C(=O)N2[C@@H](CC[C@@H]1CCN)CC[C@H]2C(=O)NC(c1ccccc1)c1ccccc1. The van der Waals surface area contributed by atoms with Crippen LogP contribution >= 0.6 is 0 Å². The van der Waals surface area contributed by atoms with Gasteiger partial charge in [0.1, 0.15) is 12.1 Å². The fourth-order valence-electron chi connectivity index (χ4n) is 6.06. The lowest BCUT2D eigenvalue weighted by molar-refractivity contribution is -0.143. The average Bonchev–Trinajstić information content (AvgIpc) is 3.33. The molecule has 8 heteroatoms. The summed E-state index contributed by atoms with van der Waals surface area (Å²) in [5, 5.41) is 9.29. The fraction of sp³-hybridized carbons (Fsp3) is 0.500. The summed E-state index contributed by atoms with van der Waals surface area (Å²) in [6.45, 7) is 2.37. The molecule has 4 rings (SSSR count). The van der Waals surface area contributed by atoms with Crippen molar-refractivity contribution in [2.24, 2.45) is 11.7 Å². The maximum absolute atomic E-state index is 14.1. The number of hydrogen-bond donors (Lipinski definition) is 4. The summed E-state index contributed by atoms with van der Waals surface area (Å²) < 4.78 is 0. The van der Waals surface area contributed by atoms with Crippen molar-refractivity contribution in [1.29, 1.82) is 0 Å². The van der Waals surface area contributed by atoms with Crippen LogP contribution in [0.15, 0.2) is 60.7 Å². The molecule has 0 unspecified atom stereocenters. The summed E-state index contributed by atoms with van der Waals surface area (Å²) in [6, 6.07) is 17.8. The second-order valence-electron chi connectivity index (χ2n) is 10.4. The van der Waals surface area contributed by atoms with Gasteiger partial charge in [-0.2, -0.15) is 0 Å². The Hall–Kier alpha value is -3.23. The van der Waals surface area contributed by atoms with Crippen LogP contribution in [0, 0.1) is 5.92 Å². The van der Waals surface area contributed by atoms with Crippen LogP contribution in [0.5, 0.6) is 0 Å². The Morgan fingerprint density at radius 3 is 2.13 bits per heavy atom. The number of hydrogen-bond acceptors (Lipinski definition) is 5. The van der Waals surface area contributed by atoms with Gasteiger partial charge in [0, 0.05) is 6.04 Å². The summed E-state index contributed by atoms with van der Waals surface area (Å²) in [5.74, 6) is -0.579. The van der Waals surface area contributed by atoms with E-state index in [0.29, 0.717) is 25.8 Å². The highest BCUT2D eigenvalue weighted by Gasteiger charge is 2.47. The van der Waals surface area contributed by atoms with Crippen LogP contribution in [0.3, 0.4) is 0 Å². The van der Waals surface area contributed by atoms with Gasteiger partial charge in [-0.15, -0.1) is 0 Å². The monoisotopic (exact) mass is 519 g/mol. The predicted molar refractivity (Wildman–Crippen MR) is 148 cm³/mol. The average molecular weight is 520 g/mol. The third kappa shape index (κ3) is 6.08. The molecule has 5 atom stereocenters. The largest absolute Gasteiger partial charge is 0.343 e. The Morgan fingerprint density at radius 2 is 1.58 bits per heavy atom. The second kappa shape index (κ2) is 13.0. The highest BCUT2D eigenvalue weighted by atomic mass is 16.2. The number of benzene rings is 2. The van der Waals surface area contributed by atoms with Crippen LogP contribution in [-0.4, -0.2) is 60.4 Å². The van der Waals surface area contributed by atoms with Gasteiger partial charge in [0.05, 0.1) is 12.1 Å². The summed E-state index contributed by atoms with van der Waals surface area (Å²) in [6.07, 6.45) is 4.23. The standard InChI is InChI=1S/C30H41N5O3/c1-3-24(32-2)28(36)34-27-22(18-19-31)14-15-23-16-17-25(35(23)30(27)38)29(37)33-26(20-10-6-4-7-11-20)21-12-8-5-9-13-21/h4-13,22-27,32H,3,14-19,31H2,1-2H3,(H,33,37)(H,34,36)/t22-,23+,24+,25+,27+/m1/s1. The minimum absolute atomic E-state index is 0.0152. The highest BCUT2D eigenvalue weighted by molar-refractivity contribution is 5.94. The van der Waals surface area contributed by atoms with E-state index in [9.17, 15) is 14.4 Å². The molecule has 0 spiro atoms. The number of likely N-dealkylation sites (N-methyl/N-ethyl adjacent to an activating group) is 1. The summed E-state index contributed by atoms with van der Waals surface area (Å²) in [7, 11) is 1.74. The smallest absolute Gasteiger partial charge is 0.246 e. The normalized spacial score (nSPS) is 24.0. The van der Waals surface area contributed by atoms with Gasteiger partial charge < -0.3 is 26.6 Å².